The Bertz CT molecular complexity index is 1190. The molecule has 1 saturated heterocycles. The number of aryl methyl sites for hydroxylation is 1. The number of H-pyrrole nitrogens is 2. The molecule has 4 rings (SSSR count). The van der Waals surface area contributed by atoms with Crippen molar-refractivity contribution in [1.29, 1.82) is 0 Å². The van der Waals surface area contributed by atoms with E-state index in [9.17, 15) is 19.2 Å². The molecule has 10 heteroatoms. The fourth-order valence-electron chi connectivity index (χ4n) is 3.45. The van der Waals surface area contributed by atoms with Crippen molar-refractivity contribution in [3.63, 3.8) is 0 Å². The SMILES string of the molecule is Cc1cc(C(=O)N2CCOCC2CC(=O)c2ccco2)nc2[nH]c(=O)[nH]c(=O)c12. The van der Waals surface area contributed by atoms with Gasteiger partial charge in [0.2, 0.25) is 0 Å². The van der Waals surface area contributed by atoms with Gasteiger partial charge in [0.1, 0.15) is 11.3 Å². The number of hydrogen-bond donors (Lipinski definition) is 2. The number of aromatic amines is 2. The van der Waals surface area contributed by atoms with Crippen molar-refractivity contribution < 1.29 is 18.7 Å². The van der Waals surface area contributed by atoms with Gasteiger partial charge in [-0.25, -0.2) is 9.78 Å². The molecule has 1 aliphatic rings. The van der Waals surface area contributed by atoms with E-state index in [-0.39, 0.29) is 41.3 Å². The number of Topliss-reactive ketones (excluding diaryl/α,β-unsaturated/α-hetero) is 1. The zero-order valence-electron chi connectivity index (χ0n) is 15.6. The summed E-state index contributed by atoms with van der Waals surface area (Å²) in [5.74, 6) is -0.419. The van der Waals surface area contributed by atoms with Gasteiger partial charge >= 0.3 is 5.69 Å². The van der Waals surface area contributed by atoms with Crippen LogP contribution in [0.3, 0.4) is 0 Å². The lowest BCUT2D eigenvalue weighted by Crippen LogP contribution is -2.49. The maximum absolute atomic E-state index is 13.1. The highest BCUT2D eigenvalue weighted by Crippen LogP contribution is 2.19. The summed E-state index contributed by atoms with van der Waals surface area (Å²) in [6, 6.07) is 4.21. The van der Waals surface area contributed by atoms with Crippen molar-refractivity contribution in [2.45, 2.75) is 19.4 Å². The number of aromatic nitrogens is 3. The number of hydrogen-bond acceptors (Lipinski definition) is 7. The summed E-state index contributed by atoms with van der Waals surface area (Å²) in [6.45, 7) is 2.49. The van der Waals surface area contributed by atoms with Crippen LogP contribution in [-0.2, 0) is 4.74 Å². The zero-order chi connectivity index (χ0) is 20.5. The number of carbonyl (C=O) groups excluding carboxylic acids is 2. The number of rotatable bonds is 4. The van der Waals surface area contributed by atoms with Crippen LogP contribution in [0, 0.1) is 6.92 Å². The molecule has 150 valence electrons. The van der Waals surface area contributed by atoms with Gasteiger partial charge in [0.15, 0.2) is 11.5 Å². The van der Waals surface area contributed by atoms with Gasteiger partial charge in [0.05, 0.1) is 30.9 Å². The summed E-state index contributed by atoms with van der Waals surface area (Å²) in [4.78, 5) is 59.4. The van der Waals surface area contributed by atoms with Gasteiger partial charge < -0.3 is 14.1 Å². The maximum atomic E-state index is 13.1. The summed E-state index contributed by atoms with van der Waals surface area (Å²) >= 11 is 0. The molecule has 1 unspecified atom stereocenters. The molecule has 0 radical (unpaired) electrons. The van der Waals surface area contributed by atoms with Crippen molar-refractivity contribution in [3.8, 4) is 0 Å². The number of carbonyl (C=O) groups is 2. The second-order valence-electron chi connectivity index (χ2n) is 6.79. The zero-order valence-corrected chi connectivity index (χ0v) is 15.6. The molecule has 0 bridgehead atoms. The smallest absolute Gasteiger partial charge is 0.327 e. The molecule has 0 aromatic carbocycles. The molecule has 3 aromatic heterocycles. The first-order valence-electron chi connectivity index (χ1n) is 9.03. The Kier molecular flexibility index (Phi) is 4.85. The molecule has 1 atom stereocenters. The first-order chi connectivity index (χ1) is 13.9. The average molecular weight is 398 g/mol. The number of pyridine rings is 1. The number of nitrogens with zero attached hydrogens (tertiary/aromatic N) is 2. The fraction of sp³-hybridized carbons (Fsp3) is 0.316. The number of ether oxygens (including phenoxy) is 1. The molecule has 0 spiro atoms. The molecule has 3 aromatic rings. The lowest BCUT2D eigenvalue weighted by Gasteiger charge is -2.35. The molecule has 2 N–H and O–H groups in total. The minimum Gasteiger partial charge on any atom is -0.461 e. The second kappa shape index (κ2) is 7.47. The van der Waals surface area contributed by atoms with E-state index in [4.69, 9.17) is 9.15 Å². The fourth-order valence-corrected chi connectivity index (χ4v) is 3.45. The Morgan fingerprint density at radius 2 is 2.14 bits per heavy atom. The molecule has 0 aliphatic carbocycles. The third kappa shape index (κ3) is 3.61. The minimum atomic E-state index is -0.702. The van der Waals surface area contributed by atoms with Crippen LogP contribution in [0.25, 0.3) is 11.0 Å². The molecule has 0 saturated carbocycles. The highest BCUT2D eigenvalue weighted by Gasteiger charge is 2.31. The van der Waals surface area contributed by atoms with Crippen LogP contribution in [0.5, 0.6) is 0 Å². The Labute approximate surface area is 163 Å². The number of furan rings is 1. The van der Waals surface area contributed by atoms with Crippen molar-refractivity contribution in [1.82, 2.24) is 19.9 Å². The summed E-state index contributed by atoms with van der Waals surface area (Å²) < 4.78 is 10.6. The van der Waals surface area contributed by atoms with Crippen LogP contribution in [0.2, 0.25) is 0 Å². The third-order valence-corrected chi connectivity index (χ3v) is 4.83. The first-order valence-corrected chi connectivity index (χ1v) is 9.03. The van der Waals surface area contributed by atoms with Gasteiger partial charge in [-0.3, -0.25) is 24.4 Å². The molecular weight excluding hydrogens is 380 g/mol. The van der Waals surface area contributed by atoms with Gasteiger partial charge in [0, 0.05) is 13.0 Å². The Morgan fingerprint density at radius 1 is 1.31 bits per heavy atom. The summed E-state index contributed by atoms with van der Waals surface area (Å²) in [7, 11) is 0. The second-order valence-corrected chi connectivity index (χ2v) is 6.79. The van der Waals surface area contributed by atoms with Gasteiger partial charge in [0.25, 0.3) is 11.5 Å². The van der Waals surface area contributed by atoms with Gasteiger partial charge in [-0.05, 0) is 30.7 Å². The van der Waals surface area contributed by atoms with Crippen molar-refractivity contribution >= 4 is 22.7 Å². The van der Waals surface area contributed by atoms with Gasteiger partial charge in [-0.15, -0.1) is 0 Å². The van der Waals surface area contributed by atoms with E-state index in [2.05, 4.69) is 15.0 Å². The number of nitrogens with one attached hydrogen (secondary N) is 2. The summed E-state index contributed by atoms with van der Waals surface area (Å²) in [5.41, 5.74) is -0.646. The quantitative estimate of drug-likeness (QED) is 0.615. The predicted molar refractivity (Wildman–Crippen MR) is 101 cm³/mol. The average Bonchev–Trinajstić information content (AvgIpc) is 3.22. The number of fused-ring (bicyclic) bond motifs is 1. The minimum absolute atomic E-state index is 0.0403. The number of amides is 1. The number of morpholine rings is 1. The summed E-state index contributed by atoms with van der Waals surface area (Å²) in [6.07, 6.45) is 1.46. The van der Waals surface area contributed by atoms with Crippen LogP contribution in [0.4, 0.5) is 0 Å². The normalized spacial score (nSPS) is 16.9. The molecule has 10 nitrogen and oxygen atoms in total. The molecule has 1 amide bonds. The Hall–Kier alpha value is -3.53. The van der Waals surface area contributed by atoms with E-state index >= 15 is 0 Å². The van der Waals surface area contributed by atoms with Gasteiger partial charge in [-0.1, -0.05) is 0 Å². The molecule has 29 heavy (non-hydrogen) atoms. The van der Waals surface area contributed by atoms with Crippen LogP contribution in [0.15, 0.2) is 38.5 Å². The van der Waals surface area contributed by atoms with E-state index < -0.39 is 23.2 Å². The van der Waals surface area contributed by atoms with E-state index in [1.165, 1.54) is 17.2 Å². The Balaban J connectivity index is 1.65. The van der Waals surface area contributed by atoms with Crippen molar-refractivity contribution in [3.05, 3.63) is 62.3 Å². The van der Waals surface area contributed by atoms with Crippen LogP contribution >= 0.6 is 0 Å². The standard InChI is InChI=1S/C19H18N4O6/c1-10-7-12(20-16-15(10)17(25)22-19(27)21-16)18(26)23-4-6-28-9-11(23)8-13(24)14-3-2-5-29-14/h2-3,5,7,11H,4,6,8-9H2,1H3,(H2,20,21,22,25,27). The molecule has 1 aliphatic heterocycles. The lowest BCUT2D eigenvalue weighted by atomic mass is 10.1. The lowest BCUT2D eigenvalue weighted by molar-refractivity contribution is -0.00331. The monoisotopic (exact) mass is 398 g/mol. The first kappa shape index (κ1) is 18.8. The van der Waals surface area contributed by atoms with E-state index in [0.717, 1.165) is 0 Å². The molecule has 1 fully saturated rings. The van der Waals surface area contributed by atoms with Gasteiger partial charge in [-0.2, -0.15) is 0 Å². The number of ketones is 1. The van der Waals surface area contributed by atoms with E-state index in [1.54, 1.807) is 19.1 Å². The van der Waals surface area contributed by atoms with E-state index in [1.807, 2.05) is 0 Å². The van der Waals surface area contributed by atoms with Crippen LogP contribution in [-0.4, -0.2) is 57.3 Å². The van der Waals surface area contributed by atoms with Crippen LogP contribution < -0.4 is 11.2 Å². The highest BCUT2D eigenvalue weighted by molar-refractivity contribution is 5.97. The van der Waals surface area contributed by atoms with Crippen LogP contribution in [0.1, 0.15) is 33.0 Å². The third-order valence-electron chi connectivity index (χ3n) is 4.83. The molecular formula is C19H18N4O6. The highest BCUT2D eigenvalue weighted by atomic mass is 16.5. The van der Waals surface area contributed by atoms with Crippen molar-refractivity contribution in [2.24, 2.45) is 0 Å². The summed E-state index contributed by atoms with van der Waals surface area (Å²) in [5, 5.41) is 0.215. The maximum Gasteiger partial charge on any atom is 0.327 e. The van der Waals surface area contributed by atoms with E-state index in [0.29, 0.717) is 18.7 Å². The van der Waals surface area contributed by atoms with Crippen molar-refractivity contribution in [2.75, 3.05) is 19.8 Å². The predicted octanol–water partition coefficient (Wildman–Crippen LogP) is 0.627. The molecule has 4 heterocycles. The topological polar surface area (TPSA) is 138 Å². The largest absolute Gasteiger partial charge is 0.461 e. The Morgan fingerprint density at radius 3 is 2.90 bits per heavy atom.